The molecule has 0 saturated carbocycles. The fraction of sp³-hybridized carbons (Fsp3) is 0.300. The molecule has 0 fully saturated rings. The molecule has 0 spiro atoms. The van der Waals surface area contributed by atoms with E-state index in [0.29, 0.717) is 18.0 Å². The molecule has 0 atom stereocenters. The molecule has 0 bridgehead atoms. The normalized spacial score (nSPS) is 10.6. The van der Waals surface area contributed by atoms with E-state index in [4.69, 9.17) is 10.8 Å². The van der Waals surface area contributed by atoms with Crippen LogP contribution >= 0.6 is 0 Å². The zero-order chi connectivity index (χ0) is 11.5. The number of aliphatic hydroxyl groups excluding tert-OH is 1. The number of aromatic nitrogens is 3. The van der Waals surface area contributed by atoms with Gasteiger partial charge in [0.15, 0.2) is 5.65 Å². The number of fused-ring (bicyclic) bond motifs is 1. The van der Waals surface area contributed by atoms with Crippen molar-refractivity contribution in [1.29, 1.82) is 0 Å². The van der Waals surface area contributed by atoms with E-state index in [9.17, 15) is 0 Å². The first kappa shape index (κ1) is 10.6. The third-order valence-electron chi connectivity index (χ3n) is 2.29. The molecular weight excluding hydrogens is 206 g/mol. The topological polar surface area (TPSA) is 88.2 Å². The molecule has 2 rings (SSSR count). The molecule has 0 unspecified atom stereocenters. The molecule has 0 aliphatic rings. The summed E-state index contributed by atoms with van der Waals surface area (Å²) in [5.74, 6) is 1.17. The summed E-state index contributed by atoms with van der Waals surface area (Å²) in [7, 11) is 1.86. The van der Waals surface area contributed by atoms with Crippen LogP contribution in [0.25, 0.3) is 11.0 Å². The van der Waals surface area contributed by atoms with Crippen LogP contribution in [0.3, 0.4) is 0 Å². The first-order chi connectivity index (χ1) is 7.72. The minimum Gasteiger partial charge on any atom is -0.395 e. The molecular formula is C10H13N5O. The smallest absolute Gasteiger partial charge is 0.166 e. The lowest BCUT2D eigenvalue weighted by Gasteiger charge is -2.17. The molecule has 0 aromatic carbocycles. The third-order valence-corrected chi connectivity index (χ3v) is 2.29. The lowest BCUT2D eigenvalue weighted by atomic mass is 10.3. The van der Waals surface area contributed by atoms with Crippen molar-refractivity contribution < 1.29 is 5.11 Å². The number of nitrogens with two attached hydrogens (primary N) is 1. The van der Waals surface area contributed by atoms with E-state index in [1.165, 1.54) is 6.33 Å². The zero-order valence-electron chi connectivity index (χ0n) is 8.96. The number of nitrogens with zero attached hydrogens (tertiary/aromatic N) is 4. The highest BCUT2D eigenvalue weighted by atomic mass is 16.3. The fourth-order valence-corrected chi connectivity index (χ4v) is 1.50. The third kappa shape index (κ3) is 1.87. The highest BCUT2D eigenvalue weighted by Crippen LogP contribution is 2.20. The van der Waals surface area contributed by atoms with Crippen LogP contribution < -0.4 is 10.6 Å². The summed E-state index contributed by atoms with van der Waals surface area (Å²) in [5, 5.41) is 9.72. The van der Waals surface area contributed by atoms with Gasteiger partial charge in [0, 0.05) is 13.6 Å². The molecule has 84 valence electrons. The van der Waals surface area contributed by atoms with E-state index >= 15 is 0 Å². The van der Waals surface area contributed by atoms with Gasteiger partial charge >= 0.3 is 0 Å². The van der Waals surface area contributed by atoms with Crippen molar-refractivity contribution >= 4 is 22.7 Å². The van der Waals surface area contributed by atoms with Crippen molar-refractivity contribution in [3.8, 4) is 0 Å². The zero-order valence-corrected chi connectivity index (χ0v) is 8.96. The molecule has 3 N–H and O–H groups in total. The standard InChI is InChI=1S/C10H13N5O/c1-15(4-5-16)10-7-2-3-8(11)14-9(7)12-6-13-10/h2-3,6,16H,4-5H2,1H3,(H2,11,12,13,14). The second-order valence-electron chi connectivity index (χ2n) is 3.45. The summed E-state index contributed by atoms with van der Waals surface area (Å²) >= 11 is 0. The summed E-state index contributed by atoms with van der Waals surface area (Å²) in [6.45, 7) is 0.584. The van der Waals surface area contributed by atoms with Gasteiger partial charge in [0.1, 0.15) is 18.0 Å². The quantitative estimate of drug-likeness (QED) is 0.757. The maximum atomic E-state index is 8.89. The Hall–Kier alpha value is -1.95. The van der Waals surface area contributed by atoms with Gasteiger partial charge in [-0.1, -0.05) is 0 Å². The first-order valence-corrected chi connectivity index (χ1v) is 4.91. The minimum absolute atomic E-state index is 0.0738. The van der Waals surface area contributed by atoms with Gasteiger partial charge in [0.2, 0.25) is 0 Å². The van der Waals surface area contributed by atoms with Gasteiger partial charge in [-0.2, -0.15) is 0 Å². The molecule has 2 heterocycles. The van der Waals surface area contributed by atoms with Crippen molar-refractivity contribution in [2.45, 2.75) is 0 Å². The van der Waals surface area contributed by atoms with Gasteiger partial charge in [0.25, 0.3) is 0 Å². The summed E-state index contributed by atoms with van der Waals surface area (Å²) in [5.41, 5.74) is 6.15. The van der Waals surface area contributed by atoms with Gasteiger partial charge in [-0.25, -0.2) is 15.0 Å². The average Bonchev–Trinajstić information content (AvgIpc) is 2.28. The SMILES string of the molecule is CN(CCO)c1ncnc2nc(N)ccc12. The Bertz CT molecular complexity index is 502. The maximum absolute atomic E-state index is 8.89. The summed E-state index contributed by atoms with van der Waals surface area (Å²) in [6.07, 6.45) is 1.44. The van der Waals surface area contributed by atoms with Crippen LogP contribution in [0.2, 0.25) is 0 Å². The second-order valence-corrected chi connectivity index (χ2v) is 3.45. The molecule has 6 heteroatoms. The number of anilines is 2. The monoisotopic (exact) mass is 219 g/mol. The molecule has 0 saturated heterocycles. The van der Waals surface area contributed by atoms with Crippen LogP contribution in [0.5, 0.6) is 0 Å². The van der Waals surface area contributed by atoms with Gasteiger partial charge in [-0.05, 0) is 12.1 Å². The fourth-order valence-electron chi connectivity index (χ4n) is 1.50. The Morgan fingerprint density at radius 3 is 2.94 bits per heavy atom. The van der Waals surface area contributed by atoms with Crippen LogP contribution in [0.1, 0.15) is 0 Å². The highest BCUT2D eigenvalue weighted by Gasteiger charge is 2.08. The van der Waals surface area contributed by atoms with Crippen molar-refractivity contribution in [3.05, 3.63) is 18.5 Å². The Morgan fingerprint density at radius 2 is 2.19 bits per heavy atom. The Labute approximate surface area is 92.8 Å². The van der Waals surface area contributed by atoms with Gasteiger partial charge < -0.3 is 15.7 Å². The van der Waals surface area contributed by atoms with Crippen molar-refractivity contribution in [2.75, 3.05) is 30.8 Å². The van der Waals surface area contributed by atoms with Crippen molar-refractivity contribution in [3.63, 3.8) is 0 Å². The van der Waals surface area contributed by atoms with Gasteiger partial charge in [0.05, 0.1) is 12.0 Å². The summed E-state index contributed by atoms with van der Waals surface area (Å²) in [6, 6.07) is 3.54. The van der Waals surface area contributed by atoms with Crippen molar-refractivity contribution in [1.82, 2.24) is 15.0 Å². The molecule has 0 radical (unpaired) electrons. The number of pyridine rings is 1. The van der Waals surface area contributed by atoms with Crippen molar-refractivity contribution in [2.24, 2.45) is 0 Å². The van der Waals surface area contributed by atoms with Gasteiger partial charge in [-0.3, -0.25) is 0 Å². The predicted octanol–water partition coefficient (Wildman–Crippen LogP) is 0.0355. The lowest BCUT2D eigenvalue weighted by Crippen LogP contribution is -2.22. The molecule has 6 nitrogen and oxygen atoms in total. The molecule has 0 aliphatic carbocycles. The van der Waals surface area contributed by atoms with E-state index < -0.39 is 0 Å². The Balaban J connectivity index is 2.53. The Morgan fingerprint density at radius 1 is 1.38 bits per heavy atom. The van der Waals surface area contributed by atoms with Crippen LogP contribution in [0, 0.1) is 0 Å². The number of nitrogen functional groups attached to an aromatic ring is 1. The van der Waals surface area contributed by atoms with E-state index in [1.54, 1.807) is 6.07 Å². The first-order valence-electron chi connectivity index (χ1n) is 4.91. The maximum Gasteiger partial charge on any atom is 0.166 e. The van der Waals surface area contributed by atoms with E-state index in [2.05, 4.69) is 15.0 Å². The number of hydrogen-bond donors (Lipinski definition) is 2. The highest BCUT2D eigenvalue weighted by molar-refractivity contribution is 5.87. The lowest BCUT2D eigenvalue weighted by molar-refractivity contribution is 0.304. The molecule has 2 aromatic rings. The number of likely N-dealkylation sites (N-methyl/N-ethyl adjacent to an activating group) is 1. The number of aliphatic hydroxyl groups is 1. The van der Waals surface area contributed by atoms with E-state index in [-0.39, 0.29) is 6.61 Å². The van der Waals surface area contributed by atoms with Crippen LogP contribution in [0.4, 0.5) is 11.6 Å². The van der Waals surface area contributed by atoms with Crippen LogP contribution in [-0.2, 0) is 0 Å². The Kier molecular flexibility index (Phi) is 2.82. The number of rotatable bonds is 3. The largest absolute Gasteiger partial charge is 0.395 e. The van der Waals surface area contributed by atoms with Crippen LogP contribution in [-0.4, -0.2) is 40.3 Å². The minimum atomic E-state index is 0.0738. The van der Waals surface area contributed by atoms with E-state index in [1.807, 2.05) is 18.0 Å². The summed E-state index contributed by atoms with van der Waals surface area (Å²) < 4.78 is 0. The average molecular weight is 219 g/mol. The van der Waals surface area contributed by atoms with Crippen LogP contribution in [0.15, 0.2) is 18.5 Å². The summed E-state index contributed by atoms with van der Waals surface area (Å²) in [4.78, 5) is 14.2. The molecule has 16 heavy (non-hydrogen) atoms. The predicted molar refractivity (Wildman–Crippen MR) is 62.1 cm³/mol. The molecule has 0 aliphatic heterocycles. The number of hydrogen-bond acceptors (Lipinski definition) is 6. The molecule has 2 aromatic heterocycles. The molecule has 0 amide bonds. The van der Waals surface area contributed by atoms with Gasteiger partial charge in [-0.15, -0.1) is 0 Å². The van der Waals surface area contributed by atoms with E-state index in [0.717, 1.165) is 11.2 Å². The second kappa shape index (κ2) is 4.28.